The normalized spacial score (nSPS) is 22.0. The average molecular weight is 547 g/mol. The lowest BCUT2D eigenvalue weighted by Gasteiger charge is -2.38. The molecule has 3 fully saturated rings. The maximum atomic E-state index is 13.8. The number of aliphatic imine (C=N–C) groups is 1. The van der Waals surface area contributed by atoms with Gasteiger partial charge in [-0.15, -0.1) is 0 Å². The quantitative estimate of drug-likeness (QED) is 0.352. The van der Waals surface area contributed by atoms with Crippen LogP contribution in [0.3, 0.4) is 0 Å². The van der Waals surface area contributed by atoms with Crippen molar-refractivity contribution >= 4 is 18.0 Å². The molecular weight excluding hydrogens is 496 g/mol. The monoisotopic (exact) mass is 546 g/mol. The number of likely N-dealkylation sites (tertiary alicyclic amines) is 1. The Morgan fingerprint density at radius 1 is 1.13 bits per heavy atom. The van der Waals surface area contributed by atoms with E-state index in [9.17, 15) is 14.9 Å². The van der Waals surface area contributed by atoms with Crippen LogP contribution in [0.4, 0.5) is 4.79 Å². The molecule has 220 valence electrons. The van der Waals surface area contributed by atoms with Crippen LogP contribution >= 0.6 is 0 Å². The molecule has 2 saturated heterocycles. The van der Waals surface area contributed by atoms with E-state index >= 15 is 0 Å². The number of carbonyl (C=O) groups is 2. The van der Waals surface area contributed by atoms with Crippen molar-refractivity contribution in [2.45, 2.75) is 97.1 Å². The Morgan fingerprint density at radius 3 is 2.38 bits per heavy atom. The van der Waals surface area contributed by atoms with Crippen LogP contribution in [0, 0.1) is 22.7 Å². The molecule has 0 bridgehead atoms. The van der Waals surface area contributed by atoms with Crippen molar-refractivity contribution in [3.05, 3.63) is 0 Å². The second kappa shape index (κ2) is 14.8. The first kappa shape index (κ1) is 31.2. The van der Waals surface area contributed by atoms with Crippen LogP contribution in [-0.4, -0.2) is 91.9 Å². The number of nitriles is 1. The SMILES string of the molecule is CCCN1CCC(C#N)(NC(=O)C(CC2CCCCC2)N=C(NC(=O)OCC(C)(C)C)N2CCOCC2)CC1. The minimum atomic E-state index is -0.889. The molecule has 2 N–H and O–H groups in total. The molecule has 1 aliphatic carbocycles. The van der Waals surface area contributed by atoms with Crippen LogP contribution < -0.4 is 10.6 Å². The Kier molecular flexibility index (Phi) is 11.9. The average Bonchev–Trinajstić information content (AvgIpc) is 2.93. The van der Waals surface area contributed by atoms with Gasteiger partial charge in [0.15, 0.2) is 0 Å². The predicted molar refractivity (Wildman–Crippen MR) is 151 cm³/mol. The molecule has 0 aromatic heterocycles. The van der Waals surface area contributed by atoms with E-state index in [-0.39, 0.29) is 17.9 Å². The number of alkyl carbamates (subject to hydrolysis) is 1. The van der Waals surface area contributed by atoms with Gasteiger partial charge in [0.1, 0.15) is 11.6 Å². The molecule has 2 amide bonds. The summed E-state index contributed by atoms with van der Waals surface area (Å²) in [7, 11) is 0. The van der Waals surface area contributed by atoms with Crippen LogP contribution in [0.5, 0.6) is 0 Å². The van der Waals surface area contributed by atoms with Gasteiger partial charge in [0.05, 0.1) is 25.9 Å². The highest BCUT2D eigenvalue weighted by molar-refractivity contribution is 5.96. The molecule has 0 spiro atoms. The molecule has 10 heteroatoms. The van der Waals surface area contributed by atoms with Crippen LogP contribution in [-0.2, 0) is 14.3 Å². The van der Waals surface area contributed by atoms with E-state index in [0.717, 1.165) is 51.7 Å². The summed E-state index contributed by atoms with van der Waals surface area (Å²) >= 11 is 0. The molecule has 39 heavy (non-hydrogen) atoms. The van der Waals surface area contributed by atoms with Crippen molar-refractivity contribution in [1.29, 1.82) is 5.26 Å². The van der Waals surface area contributed by atoms with Gasteiger partial charge in [-0.2, -0.15) is 5.26 Å². The zero-order valence-electron chi connectivity index (χ0n) is 24.6. The van der Waals surface area contributed by atoms with Gasteiger partial charge in [-0.25, -0.2) is 9.79 Å². The molecule has 3 aliphatic rings. The minimum absolute atomic E-state index is 0.171. The fourth-order valence-electron chi connectivity index (χ4n) is 5.54. The third kappa shape index (κ3) is 10.3. The lowest BCUT2D eigenvalue weighted by atomic mass is 9.84. The van der Waals surface area contributed by atoms with Gasteiger partial charge >= 0.3 is 6.09 Å². The standard InChI is InChI=1S/C29H50N6O4/c1-5-13-34-14-11-29(21-30,12-15-34)33-25(36)24(20-23-9-7-6-8-10-23)31-26(35-16-18-38-19-17-35)32-27(37)39-22-28(2,3)4/h23-24H,5-20,22H2,1-4H3,(H,33,36)(H,31,32,37). The van der Waals surface area contributed by atoms with Crippen LogP contribution in [0.15, 0.2) is 4.99 Å². The molecular formula is C29H50N6O4. The molecule has 0 radical (unpaired) electrons. The van der Waals surface area contributed by atoms with E-state index in [1.54, 1.807) is 0 Å². The van der Waals surface area contributed by atoms with E-state index in [0.29, 0.717) is 57.4 Å². The first-order chi connectivity index (χ1) is 18.6. The third-order valence-corrected chi connectivity index (χ3v) is 7.85. The second-order valence-corrected chi connectivity index (χ2v) is 12.6. The maximum Gasteiger partial charge on any atom is 0.413 e. The fraction of sp³-hybridized carbons (Fsp3) is 0.862. The number of rotatable bonds is 8. The molecule has 3 rings (SSSR count). The molecule has 2 heterocycles. The summed E-state index contributed by atoms with van der Waals surface area (Å²) in [6.45, 7) is 13.2. The fourth-order valence-corrected chi connectivity index (χ4v) is 5.54. The van der Waals surface area contributed by atoms with Crippen LogP contribution in [0.25, 0.3) is 0 Å². The summed E-state index contributed by atoms with van der Waals surface area (Å²) in [4.78, 5) is 35.8. The highest BCUT2D eigenvalue weighted by atomic mass is 16.5. The molecule has 10 nitrogen and oxygen atoms in total. The van der Waals surface area contributed by atoms with E-state index in [1.807, 2.05) is 25.7 Å². The third-order valence-electron chi connectivity index (χ3n) is 7.85. The molecule has 1 atom stereocenters. The number of amides is 2. The van der Waals surface area contributed by atoms with Crippen molar-refractivity contribution in [3.8, 4) is 6.07 Å². The van der Waals surface area contributed by atoms with Crippen LogP contribution in [0.2, 0.25) is 0 Å². The number of nitrogens with zero attached hydrogens (tertiary/aromatic N) is 4. The van der Waals surface area contributed by atoms with E-state index in [1.165, 1.54) is 6.42 Å². The largest absolute Gasteiger partial charge is 0.449 e. The maximum absolute atomic E-state index is 13.8. The summed E-state index contributed by atoms with van der Waals surface area (Å²) in [5, 5.41) is 16.1. The van der Waals surface area contributed by atoms with E-state index in [2.05, 4.69) is 28.5 Å². The number of guanidine groups is 1. The second-order valence-electron chi connectivity index (χ2n) is 12.6. The molecule has 0 aromatic carbocycles. The molecule has 1 unspecified atom stereocenters. The smallest absolute Gasteiger partial charge is 0.413 e. The number of hydrogen-bond acceptors (Lipinski definition) is 7. The van der Waals surface area contributed by atoms with Gasteiger partial charge in [0.2, 0.25) is 11.9 Å². The number of morpholine rings is 1. The summed E-state index contributed by atoms with van der Waals surface area (Å²) in [6.07, 6.45) is 7.97. The van der Waals surface area contributed by atoms with Crippen molar-refractivity contribution in [1.82, 2.24) is 20.4 Å². The van der Waals surface area contributed by atoms with Crippen molar-refractivity contribution in [2.24, 2.45) is 16.3 Å². The zero-order valence-corrected chi connectivity index (χ0v) is 24.6. The van der Waals surface area contributed by atoms with Crippen molar-refractivity contribution in [2.75, 3.05) is 52.5 Å². The van der Waals surface area contributed by atoms with Crippen LogP contribution in [0.1, 0.15) is 85.5 Å². The highest BCUT2D eigenvalue weighted by Gasteiger charge is 2.38. The predicted octanol–water partition coefficient (Wildman–Crippen LogP) is 3.67. The number of carbonyl (C=O) groups excluding carboxylic acids is 2. The van der Waals surface area contributed by atoms with Gasteiger partial charge in [-0.1, -0.05) is 59.8 Å². The summed E-state index contributed by atoms with van der Waals surface area (Å²) in [6, 6.07) is 1.72. The lowest BCUT2D eigenvalue weighted by Crippen LogP contribution is -2.57. The van der Waals surface area contributed by atoms with Crippen molar-refractivity contribution < 1.29 is 19.1 Å². The summed E-state index contributed by atoms with van der Waals surface area (Å²) < 4.78 is 11.0. The summed E-state index contributed by atoms with van der Waals surface area (Å²) in [5.74, 6) is 0.500. The Morgan fingerprint density at radius 2 is 1.79 bits per heavy atom. The van der Waals surface area contributed by atoms with Gasteiger partial charge in [0.25, 0.3) is 0 Å². The van der Waals surface area contributed by atoms with Gasteiger partial charge in [-0.05, 0) is 43.6 Å². The van der Waals surface area contributed by atoms with Gasteiger partial charge < -0.3 is 24.6 Å². The Hall–Kier alpha value is -2.38. The number of ether oxygens (including phenoxy) is 2. The zero-order chi connectivity index (χ0) is 28.3. The Labute approximate surface area is 234 Å². The topological polar surface area (TPSA) is 119 Å². The first-order valence-corrected chi connectivity index (χ1v) is 14.9. The van der Waals surface area contributed by atoms with E-state index < -0.39 is 17.7 Å². The van der Waals surface area contributed by atoms with Gasteiger partial charge in [0, 0.05) is 26.2 Å². The summed E-state index contributed by atoms with van der Waals surface area (Å²) in [5.41, 5.74) is -1.06. The van der Waals surface area contributed by atoms with Crippen molar-refractivity contribution in [3.63, 3.8) is 0 Å². The Bertz CT molecular complexity index is 860. The minimum Gasteiger partial charge on any atom is -0.449 e. The lowest BCUT2D eigenvalue weighted by molar-refractivity contribution is -0.124. The Balaban J connectivity index is 1.81. The first-order valence-electron chi connectivity index (χ1n) is 14.9. The molecule has 1 saturated carbocycles. The molecule has 2 aliphatic heterocycles. The highest BCUT2D eigenvalue weighted by Crippen LogP contribution is 2.29. The number of piperidine rings is 1. The molecule has 0 aromatic rings. The van der Waals surface area contributed by atoms with E-state index in [4.69, 9.17) is 14.5 Å². The number of nitrogens with one attached hydrogen (secondary N) is 2. The number of hydrogen-bond donors (Lipinski definition) is 2. The van der Waals surface area contributed by atoms with Gasteiger partial charge in [-0.3, -0.25) is 10.1 Å².